The molecule has 0 saturated carbocycles. The molecular weight excluding hydrogens is 472 g/mol. The molecule has 0 heterocycles. The van der Waals surface area contributed by atoms with E-state index in [0.29, 0.717) is 13.2 Å². The molecule has 7 heteroatoms. The molecule has 0 aliphatic heterocycles. The van der Waals surface area contributed by atoms with E-state index in [9.17, 15) is 0 Å². The molecule has 2 aromatic rings. The Labute approximate surface area is 221 Å². The van der Waals surface area contributed by atoms with Crippen LogP contribution in [0.15, 0.2) is 85.0 Å². The largest absolute Gasteiger partial charge is 0.356 e. The third kappa shape index (κ3) is 13.7. The number of benzene rings is 2. The number of allylic oxidation sites excluding steroid dienone is 2. The van der Waals surface area contributed by atoms with Crippen molar-refractivity contribution >= 4 is 0 Å². The molecular formula is C30H42O7. The number of hydrogen-bond acceptors (Lipinski definition) is 7. The SMILES string of the molecule is COC(CCC=CC(OCc1ccccc1)OC(C=CCCC(OC)OC)OCc1ccccc1)OC. The lowest BCUT2D eigenvalue weighted by atomic mass is 10.2. The van der Waals surface area contributed by atoms with Gasteiger partial charge in [0, 0.05) is 41.3 Å². The highest BCUT2D eigenvalue weighted by Crippen LogP contribution is 2.14. The van der Waals surface area contributed by atoms with Gasteiger partial charge in [-0.25, -0.2) is 0 Å². The molecule has 0 aliphatic carbocycles. The molecule has 0 aromatic heterocycles. The highest BCUT2D eigenvalue weighted by atomic mass is 16.8. The van der Waals surface area contributed by atoms with E-state index in [-0.39, 0.29) is 12.6 Å². The topological polar surface area (TPSA) is 64.6 Å². The van der Waals surface area contributed by atoms with E-state index in [2.05, 4.69) is 0 Å². The summed E-state index contributed by atoms with van der Waals surface area (Å²) < 4.78 is 39.6. The number of rotatable bonds is 20. The van der Waals surface area contributed by atoms with Crippen LogP contribution >= 0.6 is 0 Å². The normalized spacial score (nSPS) is 13.8. The van der Waals surface area contributed by atoms with Gasteiger partial charge in [0.1, 0.15) is 0 Å². The van der Waals surface area contributed by atoms with Crippen LogP contribution in [0.1, 0.15) is 36.8 Å². The van der Waals surface area contributed by atoms with Gasteiger partial charge in [0.25, 0.3) is 0 Å². The lowest BCUT2D eigenvalue weighted by molar-refractivity contribution is -0.215. The van der Waals surface area contributed by atoms with Gasteiger partial charge in [-0.3, -0.25) is 0 Å². The second-order valence-corrected chi connectivity index (χ2v) is 8.28. The first-order chi connectivity index (χ1) is 18.2. The molecule has 0 fully saturated rings. The lowest BCUT2D eigenvalue weighted by Crippen LogP contribution is -2.24. The molecule has 7 nitrogen and oxygen atoms in total. The zero-order valence-electron chi connectivity index (χ0n) is 22.5. The summed E-state index contributed by atoms with van der Waals surface area (Å²) in [6, 6.07) is 20.0. The summed E-state index contributed by atoms with van der Waals surface area (Å²) in [5, 5.41) is 0. The fourth-order valence-corrected chi connectivity index (χ4v) is 3.46. The minimum absolute atomic E-state index is 0.248. The number of methoxy groups -OCH3 is 4. The molecule has 0 aliphatic rings. The van der Waals surface area contributed by atoms with Gasteiger partial charge in [-0.05, 0) is 36.1 Å². The quantitative estimate of drug-likeness (QED) is 0.159. The summed E-state index contributed by atoms with van der Waals surface area (Å²) in [5.74, 6) is 0. The first-order valence-corrected chi connectivity index (χ1v) is 12.6. The van der Waals surface area contributed by atoms with Crippen LogP contribution in [0.2, 0.25) is 0 Å². The van der Waals surface area contributed by atoms with E-state index in [1.807, 2.05) is 85.0 Å². The van der Waals surface area contributed by atoms with Gasteiger partial charge in [0.05, 0.1) is 13.2 Å². The Morgan fingerprint density at radius 3 is 1.30 bits per heavy atom. The highest BCUT2D eigenvalue weighted by molar-refractivity contribution is 5.14. The monoisotopic (exact) mass is 514 g/mol. The van der Waals surface area contributed by atoms with Crippen LogP contribution < -0.4 is 0 Å². The summed E-state index contributed by atoms with van der Waals surface area (Å²) in [6.45, 7) is 0.820. The molecule has 2 aromatic carbocycles. The second kappa shape index (κ2) is 19.7. The van der Waals surface area contributed by atoms with Crippen molar-refractivity contribution in [3.63, 3.8) is 0 Å². The predicted octanol–water partition coefficient (Wildman–Crippen LogP) is 6.00. The molecule has 0 saturated heterocycles. The van der Waals surface area contributed by atoms with Gasteiger partial charge in [-0.1, -0.05) is 72.8 Å². The van der Waals surface area contributed by atoms with Gasteiger partial charge in [-0.15, -0.1) is 0 Å². The second-order valence-electron chi connectivity index (χ2n) is 8.28. The van der Waals surface area contributed by atoms with Crippen LogP contribution in [0.3, 0.4) is 0 Å². The van der Waals surface area contributed by atoms with E-state index in [4.69, 9.17) is 33.2 Å². The minimum atomic E-state index is -0.611. The summed E-state index contributed by atoms with van der Waals surface area (Å²) >= 11 is 0. The maximum absolute atomic E-state index is 6.27. The minimum Gasteiger partial charge on any atom is -0.356 e. The highest BCUT2D eigenvalue weighted by Gasteiger charge is 2.15. The van der Waals surface area contributed by atoms with Crippen LogP contribution in [0.4, 0.5) is 0 Å². The molecule has 0 bridgehead atoms. The van der Waals surface area contributed by atoms with Gasteiger partial charge < -0.3 is 33.2 Å². The van der Waals surface area contributed by atoms with Crippen molar-refractivity contribution in [3.8, 4) is 0 Å². The number of hydrogen-bond donors (Lipinski definition) is 0. The van der Waals surface area contributed by atoms with Crippen molar-refractivity contribution < 1.29 is 33.2 Å². The van der Waals surface area contributed by atoms with Crippen LogP contribution in [0, 0.1) is 0 Å². The van der Waals surface area contributed by atoms with E-state index in [0.717, 1.165) is 36.8 Å². The third-order valence-electron chi connectivity index (χ3n) is 5.56. The van der Waals surface area contributed by atoms with E-state index >= 15 is 0 Å². The Kier molecular flexibility index (Phi) is 16.4. The molecule has 37 heavy (non-hydrogen) atoms. The van der Waals surface area contributed by atoms with Gasteiger partial charge in [0.15, 0.2) is 25.2 Å². The van der Waals surface area contributed by atoms with Crippen LogP contribution in [0.5, 0.6) is 0 Å². The Balaban J connectivity index is 2.07. The predicted molar refractivity (Wildman–Crippen MR) is 143 cm³/mol. The van der Waals surface area contributed by atoms with Crippen molar-refractivity contribution in [2.75, 3.05) is 28.4 Å². The Morgan fingerprint density at radius 1 is 0.568 bits per heavy atom. The van der Waals surface area contributed by atoms with Crippen molar-refractivity contribution in [1.82, 2.24) is 0 Å². The maximum Gasteiger partial charge on any atom is 0.180 e. The molecule has 2 rings (SSSR count). The molecule has 204 valence electrons. The summed E-state index contributed by atoms with van der Waals surface area (Å²) in [7, 11) is 6.54. The smallest absolute Gasteiger partial charge is 0.180 e. The van der Waals surface area contributed by atoms with Crippen molar-refractivity contribution in [2.24, 2.45) is 0 Å². The van der Waals surface area contributed by atoms with Crippen LogP contribution in [0.25, 0.3) is 0 Å². The summed E-state index contributed by atoms with van der Waals surface area (Å²) in [5.41, 5.74) is 2.12. The number of ether oxygens (including phenoxy) is 7. The molecule has 2 unspecified atom stereocenters. The zero-order valence-corrected chi connectivity index (χ0v) is 22.5. The van der Waals surface area contributed by atoms with Crippen molar-refractivity contribution in [3.05, 3.63) is 96.1 Å². The molecule has 2 atom stereocenters. The lowest BCUT2D eigenvalue weighted by Gasteiger charge is -2.22. The van der Waals surface area contributed by atoms with Crippen molar-refractivity contribution in [1.29, 1.82) is 0 Å². The van der Waals surface area contributed by atoms with Crippen LogP contribution in [-0.4, -0.2) is 53.6 Å². The third-order valence-corrected chi connectivity index (χ3v) is 5.56. The molecule has 0 radical (unpaired) electrons. The van der Waals surface area contributed by atoms with Gasteiger partial charge >= 0.3 is 0 Å². The first-order valence-electron chi connectivity index (χ1n) is 12.6. The standard InChI is InChI=1S/C30H42O7/c1-31-27(32-2)19-11-13-21-29(35-23-25-15-7-5-8-16-25)37-30(22-14-12-20-28(33-3)34-4)36-24-26-17-9-6-10-18-26/h5-10,13-18,21-22,27-30H,11-12,19-20,23-24H2,1-4H3. The maximum atomic E-state index is 6.27. The van der Waals surface area contributed by atoms with Crippen LogP contribution in [-0.2, 0) is 46.4 Å². The Bertz CT molecular complexity index is 777. The fourth-order valence-electron chi connectivity index (χ4n) is 3.46. The van der Waals surface area contributed by atoms with E-state index < -0.39 is 12.6 Å². The van der Waals surface area contributed by atoms with Gasteiger partial charge in [0.2, 0.25) is 0 Å². The molecule has 0 spiro atoms. The summed E-state index contributed by atoms with van der Waals surface area (Å²) in [4.78, 5) is 0. The van der Waals surface area contributed by atoms with Crippen molar-refractivity contribution in [2.45, 2.75) is 64.1 Å². The average molecular weight is 515 g/mol. The fraction of sp³-hybridized carbons (Fsp3) is 0.467. The van der Waals surface area contributed by atoms with Gasteiger partial charge in [-0.2, -0.15) is 0 Å². The molecule has 0 amide bonds. The Morgan fingerprint density at radius 2 is 0.946 bits per heavy atom. The van der Waals surface area contributed by atoms with E-state index in [1.165, 1.54) is 0 Å². The zero-order chi connectivity index (χ0) is 26.6. The Hall–Kier alpha value is -2.36. The first kappa shape index (κ1) is 30.9. The molecule has 0 N–H and O–H groups in total. The van der Waals surface area contributed by atoms with E-state index in [1.54, 1.807) is 28.4 Å². The summed E-state index contributed by atoms with van der Waals surface area (Å²) in [6.07, 6.45) is 9.08. The average Bonchev–Trinajstić information content (AvgIpc) is 2.95.